The number of allylic oxidation sites excluding steroid dienone is 1. The predicted molar refractivity (Wildman–Crippen MR) is 162 cm³/mol. The molecule has 0 aliphatic carbocycles. The van der Waals surface area contributed by atoms with Crippen LogP contribution in [-0.2, 0) is 5.41 Å². The Hall–Kier alpha value is -1.76. The highest BCUT2D eigenvalue weighted by Crippen LogP contribution is 2.61. The molecule has 0 saturated heterocycles. The average Bonchev–Trinajstić information content (AvgIpc) is 3.17. The van der Waals surface area contributed by atoms with Gasteiger partial charge >= 0.3 is 0 Å². The number of hydrogen-bond acceptors (Lipinski definition) is 6. The van der Waals surface area contributed by atoms with Crippen LogP contribution < -0.4 is 9.47 Å². The van der Waals surface area contributed by atoms with Crippen molar-refractivity contribution in [2.24, 2.45) is 22.7 Å². The molecule has 38 heavy (non-hydrogen) atoms. The minimum Gasteiger partial charge on any atom is -0.492 e. The first kappa shape index (κ1) is 32.5. The Balaban J connectivity index is 2.41. The van der Waals surface area contributed by atoms with Crippen molar-refractivity contribution in [3.63, 3.8) is 0 Å². The molecule has 0 saturated carbocycles. The monoisotopic (exact) mass is 556 g/mol. The Kier molecular flexibility index (Phi) is 11.2. The van der Waals surface area contributed by atoms with Crippen LogP contribution >= 0.6 is 23.5 Å². The number of rotatable bonds is 10. The van der Waals surface area contributed by atoms with Crippen LogP contribution in [0.4, 0.5) is 0 Å². The van der Waals surface area contributed by atoms with Crippen LogP contribution in [0.5, 0.6) is 11.5 Å². The number of nitriles is 2. The van der Waals surface area contributed by atoms with Gasteiger partial charge in [-0.2, -0.15) is 10.5 Å². The third-order valence-corrected chi connectivity index (χ3v) is 9.04. The van der Waals surface area contributed by atoms with Gasteiger partial charge in [0.1, 0.15) is 29.2 Å². The molecule has 0 aromatic heterocycles. The lowest BCUT2D eigenvalue weighted by Crippen LogP contribution is -2.17. The summed E-state index contributed by atoms with van der Waals surface area (Å²) in [6, 6.07) is 6.27. The molecule has 1 aromatic rings. The Morgan fingerprint density at radius 1 is 0.789 bits per heavy atom. The van der Waals surface area contributed by atoms with Gasteiger partial charge in [-0.25, -0.2) is 0 Å². The molecule has 2 rings (SSSR count). The summed E-state index contributed by atoms with van der Waals surface area (Å²) in [6.07, 6.45) is 4.24. The maximum absolute atomic E-state index is 9.56. The van der Waals surface area contributed by atoms with Gasteiger partial charge in [0.25, 0.3) is 0 Å². The zero-order chi connectivity index (χ0) is 28.9. The first-order valence-electron chi connectivity index (χ1n) is 13.8. The molecule has 0 fully saturated rings. The van der Waals surface area contributed by atoms with E-state index in [1.54, 1.807) is 0 Å². The molecule has 2 atom stereocenters. The summed E-state index contributed by atoms with van der Waals surface area (Å²) in [6.45, 7) is 26.1. The summed E-state index contributed by atoms with van der Waals surface area (Å²) in [4.78, 5) is 1.93. The van der Waals surface area contributed by atoms with Crippen molar-refractivity contribution < 1.29 is 9.47 Å². The minimum atomic E-state index is -0.163. The molecule has 1 aliphatic rings. The summed E-state index contributed by atoms with van der Waals surface area (Å²) in [5.74, 6) is 2.81. The third-order valence-electron chi connectivity index (χ3n) is 6.43. The standard InChI is InChI=1S/C32H48N2O2S2/c1-21(17-30(3,4)5)12-14-35-25-16-24(32(9,10)11)26(36-15-13-22(2)18-31(6,7)8)28-27(25)37-29(38-28)23(19-33)20-34/h16,21-22H,12-15,17-18H2,1-11H3. The van der Waals surface area contributed by atoms with Crippen LogP contribution in [0.15, 0.2) is 25.7 Å². The van der Waals surface area contributed by atoms with E-state index in [1.807, 2.05) is 0 Å². The fraction of sp³-hybridized carbons (Fsp3) is 0.688. The van der Waals surface area contributed by atoms with Gasteiger partial charge in [0, 0.05) is 5.56 Å². The third kappa shape index (κ3) is 9.77. The first-order valence-corrected chi connectivity index (χ1v) is 15.5. The highest BCUT2D eigenvalue weighted by atomic mass is 32.2. The highest BCUT2D eigenvalue weighted by molar-refractivity contribution is 8.24. The maximum atomic E-state index is 9.56. The smallest absolute Gasteiger partial charge is 0.150 e. The highest BCUT2D eigenvalue weighted by Gasteiger charge is 2.34. The van der Waals surface area contributed by atoms with E-state index in [9.17, 15) is 10.5 Å². The van der Waals surface area contributed by atoms with Crippen molar-refractivity contribution in [3.05, 3.63) is 21.4 Å². The van der Waals surface area contributed by atoms with Crippen molar-refractivity contribution in [1.82, 2.24) is 0 Å². The van der Waals surface area contributed by atoms with E-state index in [0.29, 0.717) is 34.7 Å². The average molecular weight is 557 g/mol. The van der Waals surface area contributed by atoms with Crippen LogP contribution in [0.25, 0.3) is 0 Å². The Morgan fingerprint density at radius 3 is 1.71 bits per heavy atom. The molecule has 0 N–H and O–H groups in total. The van der Waals surface area contributed by atoms with Crippen molar-refractivity contribution in [3.8, 4) is 23.6 Å². The summed E-state index contributed by atoms with van der Waals surface area (Å²) >= 11 is 2.94. The number of fused-ring (bicyclic) bond motifs is 1. The Morgan fingerprint density at radius 2 is 1.26 bits per heavy atom. The summed E-state index contributed by atoms with van der Waals surface area (Å²) < 4.78 is 13.7. The van der Waals surface area contributed by atoms with Crippen molar-refractivity contribution in [2.75, 3.05) is 13.2 Å². The second-order valence-electron chi connectivity index (χ2n) is 14.3. The van der Waals surface area contributed by atoms with Gasteiger partial charge < -0.3 is 9.47 Å². The maximum Gasteiger partial charge on any atom is 0.150 e. The van der Waals surface area contributed by atoms with Gasteiger partial charge in [-0.3, -0.25) is 0 Å². The van der Waals surface area contributed by atoms with Gasteiger partial charge in [0.2, 0.25) is 0 Å². The predicted octanol–water partition coefficient (Wildman–Crippen LogP) is 10.1. The fourth-order valence-corrected chi connectivity index (χ4v) is 7.58. The van der Waals surface area contributed by atoms with Crippen LogP contribution in [0.2, 0.25) is 0 Å². The van der Waals surface area contributed by atoms with Gasteiger partial charge in [-0.05, 0) is 59.8 Å². The molecule has 1 aliphatic heterocycles. The molecular formula is C32H48N2O2S2. The lowest BCUT2D eigenvalue weighted by molar-refractivity contribution is 0.228. The first-order chi connectivity index (χ1) is 17.4. The largest absolute Gasteiger partial charge is 0.492 e. The van der Waals surface area contributed by atoms with Crippen molar-refractivity contribution in [1.29, 1.82) is 10.5 Å². The SMILES string of the molecule is CC(CCOc1cc(C(C)(C)C)c(OCCC(C)CC(C)(C)C)c2c1SC(=C(C#N)C#N)S2)CC(C)(C)C. The molecule has 6 heteroatoms. The van der Waals surface area contributed by atoms with E-state index in [1.165, 1.54) is 23.5 Å². The van der Waals surface area contributed by atoms with E-state index in [0.717, 1.165) is 52.5 Å². The van der Waals surface area contributed by atoms with Gasteiger partial charge in [0.15, 0.2) is 0 Å². The second-order valence-corrected chi connectivity index (χ2v) is 16.6. The number of benzene rings is 1. The normalized spacial score (nSPS) is 15.3. The van der Waals surface area contributed by atoms with E-state index in [4.69, 9.17) is 9.47 Å². The van der Waals surface area contributed by atoms with E-state index >= 15 is 0 Å². The van der Waals surface area contributed by atoms with Gasteiger partial charge in [-0.15, -0.1) is 0 Å². The molecule has 0 bridgehead atoms. The van der Waals surface area contributed by atoms with Crippen LogP contribution in [0.3, 0.4) is 0 Å². The molecule has 1 heterocycles. The molecule has 0 radical (unpaired) electrons. The van der Waals surface area contributed by atoms with Crippen LogP contribution in [-0.4, -0.2) is 13.2 Å². The van der Waals surface area contributed by atoms with Gasteiger partial charge in [-0.1, -0.05) is 99.7 Å². The Labute approximate surface area is 240 Å². The van der Waals surface area contributed by atoms with E-state index < -0.39 is 0 Å². The van der Waals surface area contributed by atoms with Crippen LogP contribution in [0, 0.1) is 45.3 Å². The lowest BCUT2D eigenvalue weighted by atomic mass is 9.84. The number of thioether (sulfide) groups is 2. The fourth-order valence-electron chi connectivity index (χ4n) is 5.05. The molecule has 4 nitrogen and oxygen atoms in total. The molecule has 210 valence electrons. The van der Waals surface area contributed by atoms with Crippen LogP contribution in [0.1, 0.15) is 107 Å². The quantitative estimate of drug-likeness (QED) is 0.267. The molecular weight excluding hydrogens is 508 g/mol. The minimum absolute atomic E-state index is 0.142. The van der Waals surface area contributed by atoms with E-state index in [2.05, 4.69) is 94.4 Å². The zero-order valence-corrected chi connectivity index (χ0v) is 27.1. The number of ether oxygens (including phenoxy) is 2. The molecule has 2 unspecified atom stereocenters. The summed E-state index contributed by atoms with van der Waals surface area (Å²) in [7, 11) is 0. The van der Waals surface area contributed by atoms with Gasteiger partial charge in [0.05, 0.1) is 27.2 Å². The summed E-state index contributed by atoms with van der Waals surface area (Å²) in [5.41, 5.74) is 1.66. The Bertz CT molecular complexity index is 1070. The molecule has 0 spiro atoms. The molecule has 1 aromatic carbocycles. The number of nitrogens with zero attached hydrogens (tertiary/aromatic N) is 2. The lowest BCUT2D eigenvalue weighted by Gasteiger charge is -2.27. The zero-order valence-electron chi connectivity index (χ0n) is 25.5. The topological polar surface area (TPSA) is 66.0 Å². The van der Waals surface area contributed by atoms with Crippen molar-refractivity contribution >= 4 is 23.5 Å². The number of hydrogen-bond donors (Lipinski definition) is 0. The second kappa shape index (κ2) is 13.1. The van der Waals surface area contributed by atoms with Crippen molar-refractivity contribution in [2.45, 2.75) is 117 Å². The van der Waals surface area contributed by atoms with E-state index in [-0.39, 0.29) is 16.4 Å². The summed E-state index contributed by atoms with van der Waals surface area (Å²) in [5, 5.41) is 19.1. The molecule has 0 amide bonds.